The van der Waals surface area contributed by atoms with Crippen LogP contribution in [-0.2, 0) is 0 Å². The Morgan fingerprint density at radius 1 is 1.33 bits per heavy atom. The van der Waals surface area contributed by atoms with Crippen molar-refractivity contribution in [1.82, 2.24) is 4.90 Å². The lowest BCUT2D eigenvalue weighted by Crippen LogP contribution is -2.51. The molecule has 2 N–H and O–H groups in total. The highest BCUT2D eigenvalue weighted by molar-refractivity contribution is 5.55. The number of benzene rings is 1. The molecule has 2 unspecified atom stereocenters. The Labute approximate surface area is 111 Å². The lowest BCUT2D eigenvalue weighted by atomic mass is 10.0. The molecule has 2 atom stereocenters. The summed E-state index contributed by atoms with van der Waals surface area (Å²) in [5.41, 5.74) is 8.66. The number of hydrogen-bond acceptors (Lipinski definition) is 3. The van der Waals surface area contributed by atoms with Crippen molar-refractivity contribution in [2.75, 3.05) is 31.6 Å². The molecule has 1 aromatic rings. The first-order valence-electron chi connectivity index (χ1n) is 6.93. The topological polar surface area (TPSA) is 32.5 Å². The van der Waals surface area contributed by atoms with E-state index >= 15 is 0 Å². The van der Waals surface area contributed by atoms with E-state index in [0.717, 1.165) is 19.6 Å². The van der Waals surface area contributed by atoms with Crippen LogP contribution in [0.2, 0.25) is 0 Å². The minimum atomic E-state index is 0.0981. The van der Waals surface area contributed by atoms with Crippen LogP contribution in [0.15, 0.2) is 24.3 Å². The van der Waals surface area contributed by atoms with Gasteiger partial charge >= 0.3 is 0 Å². The Morgan fingerprint density at radius 2 is 2.06 bits per heavy atom. The van der Waals surface area contributed by atoms with Gasteiger partial charge in [0.1, 0.15) is 0 Å². The highest BCUT2D eigenvalue weighted by Crippen LogP contribution is 2.27. The lowest BCUT2D eigenvalue weighted by Gasteiger charge is -2.41. The Balaban J connectivity index is 2.21. The summed E-state index contributed by atoms with van der Waals surface area (Å²) in [6.45, 7) is 7.66. The molecular weight excluding hydrogens is 222 g/mol. The third-order valence-electron chi connectivity index (χ3n) is 4.02. The summed E-state index contributed by atoms with van der Waals surface area (Å²) in [6.07, 6.45) is 1.20. The van der Waals surface area contributed by atoms with Crippen molar-refractivity contribution >= 4 is 5.69 Å². The van der Waals surface area contributed by atoms with Gasteiger partial charge in [0.25, 0.3) is 0 Å². The summed E-state index contributed by atoms with van der Waals surface area (Å²) in [6, 6.07) is 9.30. The van der Waals surface area contributed by atoms with Crippen LogP contribution in [0.1, 0.15) is 31.9 Å². The second kappa shape index (κ2) is 5.72. The predicted octanol–water partition coefficient (Wildman–Crippen LogP) is 2.24. The predicted molar refractivity (Wildman–Crippen MR) is 78.0 cm³/mol. The molecule has 3 nitrogen and oxygen atoms in total. The van der Waals surface area contributed by atoms with Crippen molar-refractivity contribution in [2.45, 2.75) is 32.4 Å². The first kappa shape index (κ1) is 13.4. The Kier molecular flexibility index (Phi) is 4.25. The van der Waals surface area contributed by atoms with Gasteiger partial charge in [-0.05, 0) is 32.0 Å². The van der Waals surface area contributed by atoms with E-state index in [2.05, 4.69) is 55.0 Å². The number of rotatable bonds is 3. The zero-order valence-electron chi connectivity index (χ0n) is 11.8. The van der Waals surface area contributed by atoms with Crippen LogP contribution in [0.4, 0.5) is 5.69 Å². The molecule has 1 aliphatic rings. The van der Waals surface area contributed by atoms with Crippen LogP contribution in [0.25, 0.3) is 0 Å². The van der Waals surface area contributed by atoms with Crippen LogP contribution in [0, 0.1) is 0 Å². The highest BCUT2D eigenvalue weighted by atomic mass is 15.3. The molecule has 0 saturated carbocycles. The van der Waals surface area contributed by atoms with E-state index in [-0.39, 0.29) is 6.04 Å². The molecule has 0 aliphatic carbocycles. The van der Waals surface area contributed by atoms with Gasteiger partial charge in [-0.25, -0.2) is 0 Å². The molecule has 100 valence electrons. The third kappa shape index (κ3) is 2.68. The molecule has 1 saturated heterocycles. The summed E-state index contributed by atoms with van der Waals surface area (Å²) in [7, 11) is 2.23. The maximum atomic E-state index is 6.08. The van der Waals surface area contributed by atoms with Gasteiger partial charge in [0.2, 0.25) is 0 Å². The van der Waals surface area contributed by atoms with Crippen molar-refractivity contribution in [1.29, 1.82) is 0 Å². The smallest absolute Gasteiger partial charge is 0.0415 e. The van der Waals surface area contributed by atoms with Gasteiger partial charge in [-0.3, -0.25) is 4.90 Å². The maximum Gasteiger partial charge on any atom is 0.0415 e. The van der Waals surface area contributed by atoms with E-state index in [1.807, 2.05) is 0 Å². The van der Waals surface area contributed by atoms with E-state index in [1.165, 1.54) is 17.7 Å². The van der Waals surface area contributed by atoms with Crippen molar-refractivity contribution in [2.24, 2.45) is 5.73 Å². The van der Waals surface area contributed by atoms with Gasteiger partial charge in [-0.2, -0.15) is 0 Å². The minimum absolute atomic E-state index is 0.0981. The van der Waals surface area contributed by atoms with Gasteiger partial charge in [0, 0.05) is 37.4 Å². The standard InChI is InChI=1S/C15H25N3/c1-4-13-11-18(10-9-17(13)3)15-8-6-5-7-14(15)12(2)16/h5-8,12-13H,4,9-11,16H2,1-3H3. The molecule has 0 amide bonds. The number of piperazine rings is 1. The molecule has 3 heteroatoms. The average molecular weight is 247 g/mol. The monoisotopic (exact) mass is 247 g/mol. The van der Waals surface area contributed by atoms with Gasteiger partial charge in [0.05, 0.1) is 0 Å². The Bertz CT molecular complexity index is 389. The van der Waals surface area contributed by atoms with Crippen molar-refractivity contribution < 1.29 is 0 Å². The van der Waals surface area contributed by atoms with Crippen LogP contribution < -0.4 is 10.6 Å². The van der Waals surface area contributed by atoms with Gasteiger partial charge < -0.3 is 10.6 Å². The van der Waals surface area contributed by atoms with E-state index < -0.39 is 0 Å². The maximum absolute atomic E-state index is 6.08. The fraction of sp³-hybridized carbons (Fsp3) is 0.600. The molecule has 0 aromatic heterocycles. The molecule has 0 bridgehead atoms. The summed E-state index contributed by atoms with van der Waals surface area (Å²) in [5.74, 6) is 0. The second-order valence-electron chi connectivity index (χ2n) is 5.34. The van der Waals surface area contributed by atoms with Gasteiger partial charge in [-0.1, -0.05) is 25.1 Å². The summed E-state index contributed by atoms with van der Waals surface area (Å²) in [5, 5.41) is 0. The van der Waals surface area contributed by atoms with E-state index in [1.54, 1.807) is 0 Å². The van der Waals surface area contributed by atoms with E-state index in [0.29, 0.717) is 6.04 Å². The van der Waals surface area contributed by atoms with Crippen molar-refractivity contribution in [3.8, 4) is 0 Å². The summed E-state index contributed by atoms with van der Waals surface area (Å²) in [4.78, 5) is 4.96. The summed E-state index contributed by atoms with van der Waals surface area (Å²) < 4.78 is 0. The summed E-state index contributed by atoms with van der Waals surface area (Å²) >= 11 is 0. The molecule has 2 rings (SSSR count). The second-order valence-corrected chi connectivity index (χ2v) is 5.34. The first-order chi connectivity index (χ1) is 8.63. The number of likely N-dealkylation sites (N-methyl/N-ethyl adjacent to an activating group) is 1. The molecule has 18 heavy (non-hydrogen) atoms. The molecule has 0 radical (unpaired) electrons. The normalized spacial score (nSPS) is 23.1. The number of nitrogens with zero attached hydrogens (tertiary/aromatic N) is 2. The number of para-hydroxylation sites is 1. The van der Waals surface area contributed by atoms with E-state index in [4.69, 9.17) is 5.73 Å². The molecule has 1 aromatic carbocycles. The number of hydrogen-bond donors (Lipinski definition) is 1. The zero-order valence-corrected chi connectivity index (χ0v) is 11.8. The van der Waals surface area contributed by atoms with Gasteiger partial charge in [-0.15, -0.1) is 0 Å². The zero-order chi connectivity index (χ0) is 13.1. The largest absolute Gasteiger partial charge is 0.368 e. The molecule has 0 spiro atoms. The number of nitrogens with two attached hydrogens (primary N) is 1. The van der Waals surface area contributed by atoms with Crippen LogP contribution in [0.3, 0.4) is 0 Å². The Hall–Kier alpha value is -1.06. The van der Waals surface area contributed by atoms with Crippen molar-refractivity contribution in [3.05, 3.63) is 29.8 Å². The fourth-order valence-corrected chi connectivity index (χ4v) is 2.77. The molecule has 1 aliphatic heterocycles. The lowest BCUT2D eigenvalue weighted by molar-refractivity contribution is 0.213. The molecule has 1 fully saturated rings. The molecular formula is C15H25N3. The van der Waals surface area contributed by atoms with E-state index in [9.17, 15) is 0 Å². The van der Waals surface area contributed by atoms with Crippen LogP contribution >= 0.6 is 0 Å². The van der Waals surface area contributed by atoms with Crippen LogP contribution in [-0.4, -0.2) is 37.6 Å². The average Bonchev–Trinajstić information content (AvgIpc) is 2.39. The fourth-order valence-electron chi connectivity index (χ4n) is 2.77. The first-order valence-corrected chi connectivity index (χ1v) is 6.93. The third-order valence-corrected chi connectivity index (χ3v) is 4.02. The van der Waals surface area contributed by atoms with Gasteiger partial charge in [0.15, 0.2) is 0 Å². The van der Waals surface area contributed by atoms with Crippen LogP contribution in [0.5, 0.6) is 0 Å². The minimum Gasteiger partial charge on any atom is -0.368 e. The SMILES string of the molecule is CCC1CN(c2ccccc2C(C)N)CCN1C. The highest BCUT2D eigenvalue weighted by Gasteiger charge is 2.24. The molecule has 1 heterocycles. The number of anilines is 1. The quantitative estimate of drug-likeness (QED) is 0.889. The van der Waals surface area contributed by atoms with Crippen molar-refractivity contribution in [3.63, 3.8) is 0 Å². The Morgan fingerprint density at radius 3 is 2.72 bits per heavy atom.